The average molecular weight is 380 g/mol. The fourth-order valence-electron chi connectivity index (χ4n) is 3.27. The highest BCUT2D eigenvalue weighted by Crippen LogP contribution is 2.41. The highest BCUT2D eigenvalue weighted by molar-refractivity contribution is 5.89. The van der Waals surface area contributed by atoms with E-state index in [0.717, 1.165) is 11.3 Å². The van der Waals surface area contributed by atoms with Crippen molar-refractivity contribution in [3.63, 3.8) is 0 Å². The van der Waals surface area contributed by atoms with E-state index in [1.54, 1.807) is 10.6 Å². The molecule has 28 heavy (non-hydrogen) atoms. The molecule has 0 saturated heterocycles. The van der Waals surface area contributed by atoms with E-state index < -0.39 is 0 Å². The summed E-state index contributed by atoms with van der Waals surface area (Å²) < 4.78 is 19.7. The van der Waals surface area contributed by atoms with Gasteiger partial charge in [0.25, 0.3) is 5.56 Å². The number of benzene rings is 1. The first kappa shape index (κ1) is 17.8. The third-order valence-corrected chi connectivity index (χ3v) is 4.64. The lowest BCUT2D eigenvalue weighted by Gasteiger charge is -2.14. The van der Waals surface area contributed by atoms with Crippen LogP contribution in [-0.2, 0) is 13.0 Å². The number of rotatable bonds is 6. The number of aromatic nitrogens is 4. The zero-order valence-corrected chi connectivity index (χ0v) is 15.9. The van der Waals surface area contributed by atoms with Crippen molar-refractivity contribution in [3.05, 3.63) is 59.0 Å². The first-order valence-corrected chi connectivity index (χ1v) is 8.77. The van der Waals surface area contributed by atoms with E-state index >= 15 is 0 Å². The standard InChI is InChI=1S/C20H20N4O4/c1-26-15-10-14-17(19(28-3)18(15)27-2)21-12-24(20(14)25)9-7-13-11-23-8-5-4-6-16(23)22-13/h4-6,8,10-12H,7,9H2,1-3H3. The molecular formula is C20H20N4O4. The van der Waals surface area contributed by atoms with Gasteiger partial charge in [0, 0.05) is 25.4 Å². The zero-order valence-electron chi connectivity index (χ0n) is 15.9. The number of hydrogen-bond acceptors (Lipinski definition) is 6. The second-order valence-electron chi connectivity index (χ2n) is 6.23. The molecule has 3 heterocycles. The minimum absolute atomic E-state index is 0.173. The number of hydrogen-bond donors (Lipinski definition) is 0. The van der Waals surface area contributed by atoms with Gasteiger partial charge >= 0.3 is 0 Å². The van der Waals surface area contributed by atoms with Gasteiger partial charge in [0.2, 0.25) is 5.75 Å². The summed E-state index contributed by atoms with van der Waals surface area (Å²) in [6, 6.07) is 7.47. The molecule has 0 aliphatic heterocycles. The Balaban J connectivity index is 1.72. The van der Waals surface area contributed by atoms with Crippen molar-refractivity contribution in [2.45, 2.75) is 13.0 Å². The predicted octanol–water partition coefficient (Wildman–Crippen LogP) is 2.31. The molecule has 4 rings (SSSR count). The molecule has 0 radical (unpaired) electrons. The summed E-state index contributed by atoms with van der Waals surface area (Å²) in [5.74, 6) is 1.21. The Hall–Kier alpha value is -3.55. The fourth-order valence-corrected chi connectivity index (χ4v) is 3.27. The zero-order chi connectivity index (χ0) is 19.7. The Bertz CT molecular complexity index is 1180. The van der Waals surface area contributed by atoms with Gasteiger partial charge in [-0.25, -0.2) is 9.97 Å². The summed E-state index contributed by atoms with van der Waals surface area (Å²) in [6.45, 7) is 0.461. The molecule has 0 atom stereocenters. The maximum atomic E-state index is 13.0. The first-order valence-electron chi connectivity index (χ1n) is 8.77. The maximum Gasteiger partial charge on any atom is 0.261 e. The third kappa shape index (κ3) is 2.92. The SMILES string of the molecule is COc1cc2c(=O)n(CCc3cn4ccccc4n3)cnc2c(OC)c1OC. The summed E-state index contributed by atoms with van der Waals surface area (Å²) in [6.07, 6.45) is 6.04. The van der Waals surface area contributed by atoms with Crippen molar-refractivity contribution in [2.75, 3.05) is 21.3 Å². The second kappa shape index (κ2) is 7.22. The normalized spacial score (nSPS) is 11.1. The third-order valence-electron chi connectivity index (χ3n) is 4.64. The summed E-state index contributed by atoms with van der Waals surface area (Å²) >= 11 is 0. The van der Waals surface area contributed by atoms with E-state index in [4.69, 9.17) is 14.2 Å². The number of methoxy groups -OCH3 is 3. The average Bonchev–Trinajstić information content (AvgIpc) is 3.14. The lowest BCUT2D eigenvalue weighted by Crippen LogP contribution is -2.22. The molecular weight excluding hydrogens is 360 g/mol. The van der Waals surface area contributed by atoms with E-state index in [2.05, 4.69) is 9.97 Å². The van der Waals surface area contributed by atoms with Crippen LogP contribution >= 0.6 is 0 Å². The molecule has 0 unspecified atom stereocenters. The molecule has 0 saturated carbocycles. The van der Waals surface area contributed by atoms with Crippen molar-refractivity contribution in [1.29, 1.82) is 0 Å². The lowest BCUT2D eigenvalue weighted by molar-refractivity contribution is 0.326. The van der Waals surface area contributed by atoms with Crippen molar-refractivity contribution in [1.82, 2.24) is 18.9 Å². The Morgan fingerprint density at radius 2 is 1.89 bits per heavy atom. The van der Waals surface area contributed by atoms with Crippen LogP contribution in [0.25, 0.3) is 16.6 Å². The monoisotopic (exact) mass is 380 g/mol. The van der Waals surface area contributed by atoms with Crippen LogP contribution in [-0.4, -0.2) is 40.3 Å². The van der Waals surface area contributed by atoms with Crippen molar-refractivity contribution >= 4 is 16.6 Å². The van der Waals surface area contributed by atoms with Gasteiger partial charge in [-0.2, -0.15) is 0 Å². The molecule has 0 bridgehead atoms. The van der Waals surface area contributed by atoms with E-state index in [0.29, 0.717) is 41.1 Å². The number of aryl methyl sites for hydroxylation is 2. The minimum Gasteiger partial charge on any atom is -0.493 e. The highest BCUT2D eigenvalue weighted by Gasteiger charge is 2.19. The molecule has 8 nitrogen and oxygen atoms in total. The predicted molar refractivity (Wildman–Crippen MR) is 105 cm³/mol. The van der Waals surface area contributed by atoms with Crippen LogP contribution in [0.3, 0.4) is 0 Å². The molecule has 0 spiro atoms. The second-order valence-corrected chi connectivity index (χ2v) is 6.23. The Kier molecular flexibility index (Phi) is 4.60. The molecule has 0 N–H and O–H groups in total. The summed E-state index contributed by atoms with van der Waals surface area (Å²) in [7, 11) is 4.54. The summed E-state index contributed by atoms with van der Waals surface area (Å²) in [5.41, 5.74) is 2.05. The molecule has 0 fully saturated rings. The van der Waals surface area contributed by atoms with E-state index in [9.17, 15) is 4.79 Å². The molecule has 0 aliphatic rings. The van der Waals surface area contributed by atoms with Gasteiger partial charge in [0.15, 0.2) is 11.5 Å². The largest absolute Gasteiger partial charge is 0.493 e. The van der Waals surface area contributed by atoms with Gasteiger partial charge in [-0.05, 0) is 18.2 Å². The van der Waals surface area contributed by atoms with Gasteiger partial charge < -0.3 is 18.6 Å². The number of fused-ring (bicyclic) bond motifs is 2. The van der Waals surface area contributed by atoms with Gasteiger partial charge in [-0.1, -0.05) is 6.07 Å². The van der Waals surface area contributed by atoms with E-state index in [1.807, 2.05) is 35.0 Å². The topological polar surface area (TPSA) is 79.9 Å². The fraction of sp³-hybridized carbons (Fsp3) is 0.250. The van der Waals surface area contributed by atoms with Gasteiger partial charge in [-0.3, -0.25) is 9.36 Å². The van der Waals surface area contributed by atoms with Crippen LogP contribution in [0, 0.1) is 0 Å². The van der Waals surface area contributed by atoms with Crippen LogP contribution in [0.4, 0.5) is 0 Å². The number of imidazole rings is 1. The van der Waals surface area contributed by atoms with Crippen molar-refractivity contribution in [2.24, 2.45) is 0 Å². The van der Waals surface area contributed by atoms with Gasteiger partial charge in [-0.15, -0.1) is 0 Å². The first-order chi connectivity index (χ1) is 13.7. The van der Waals surface area contributed by atoms with Crippen molar-refractivity contribution in [3.8, 4) is 17.2 Å². The molecule has 4 aromatic rings. The van der Waals surface area contributed by atoms with E-state index in [-0.39, 0.29) is 5.56 Å². The number of ether oxygens (including phenoxy) is 3. The Morgan fingerprint density at radius 1 is 1.07 bits per heavy atom. The van der Waals surface area contributed by atoms with Gasteiger partial charge in [0.1, 0.15) is 11.2 Å². The van der Waals surface area contributed by atoms with Crippen LogP contribution < -0.4 is 19.8 Å². The summed E-state index contributed by atoms with van der Waals surface area (Å²) in [4.78, 5) is 22.0. The minimum atomic E-state index is -0.173. The van der Waals surface area contributed by atoms with Crippen LogP contribution in [0.15, 0.2) is 47.8 Å². The van der Waals surface area contributed by atoms with Crippen molar-refractivity contribution < 1.29 is 14.2 Å². The molecule has 144 valence electrons. The molecule has 3 aromatic heterocycles. The molecule has 0 aliphatic carbocycles. The molecule has 1 aromatic carbocycles. The van der Waals surface area contributed by atoms with Crippen LogP contribution in [0.2, 0.25) is 0 Å². The van der Waals surface area contributed by atoms with Gasteiger partial charge in [0.05, 0.1) is 38.7 Å². The van der Waals surface area contributed by atoms with Crippen LogP contribution in [0.5, 0.6) is 17.2 Å². The quantitative estimate of drug-likeness (QED) is 0.511. The summed E-state index contributed by atoms with van der Waals surface area (Å²) in [5, 5.41) is 0.409. The number of nitrogens with zero attached hydrogens (tertiary/aromatic N) is 4. The molecule has 0 amide bonds. The van der Waals surface area contributed by atoms with E-state index in [1.165, 1.54) is 27.7 Å². The Labute approximate surface area is 160 Å². The number of pyridine rings is 1. The van der Waals surface area contributed by atoms with Crippen LogP contribution in [0.1, 0.15) is 5.69 Å². The lowest BCUT2D eigenvalue weighted by atomic mass is 10.2. The highest BCUT2D eigenvalue weighted by atomic mass is 16.5. The Morgan fingerprint density at radius 3 is 2.61 bits per heavy atom. The molecule has 8 heteroatoms. The maximum absolute atomic E-state index is 13.0. The smallest absolute Gasteiger partial charge is 0.261 e.